The highest BCUT2D eigenvalue weighted by atomic mass is 16.3. The Labute approximate surface area is 119 Å². The maximum atomic E-state index is 9.50. The highest BCUT2D eigenvalue weighted by Crippen LogP contribution is 2.21. The van der Waals surface area contributed by atoms with Crippen molar-refractivity contribution in [2.24, 2.45) is 0 Å². The van der Waals surface area contributed by atoms with E-state index in [1.165, 1.54) is 0 Å². The number of aliphatic hydroxyl groups excluding tert-OH is 1. The minimum absolute atomic E-state index is 0.0981. The normalized spacial score (nSPS) is 11.1. The van der Waals surface area contributed by atoms with Crippen LogP contribution < -0.4 is 4.90 Å². The van der Waals surface area contributed by atoms with E-state index >= 15 is 0 Å². The van der Waals surface area contributed by atoms with Crippen LogP contribution in [0.3, 0.4) is 0 Å². The standard InChI is InChI=1S/C15H21N3O2/c1-10(2)15-16-7-14(13(9-19)17-15)18(4)8-12-6-5-11(3)20-12/h5-7,10,19H,8-9H2,1-4H3. The van der Waals surface area contributed by atoms with Crippen molar-refractivity contribution in [2.75, 3.05) is 11.9 Å². The number of aromatic nitrogens is 2. The second-order valence-corrected chi connectivity index (χ2v) is 5.24. The zero-order valence-electron chi connectivity index (χ0n) is 12.4. The van der Waals surface area contributed by atoms with Crippen molar-refractivity contribution in [3.63, 3.8) is 0 Å². The maximum Gasteiger partial charge on any atom is 0.131 e. The molecule has 0 amide bonds. The third-order valence-corrected chi connectivity index (χ3v) is 3.13. The van der Waals surface area contributed by atoms with Crippen molar-refractivity contribution in [3.8, 4) is 0 Å². The highest BCUT2D eigenvalue weighted by molar-refractivity contribution is 5.48. The Balaban J connectivity index is 2.22. The number of hydrogen-bond donors (Lipinski definition) is 1. The van der Waals surface area contributed by atoms with Crippen LogP contribution in [-0.2, 0) is 13.2 Å². The van der Waals surface area contributed by atoms with E-state index in [2.05, 4.69) is 9.97 Å². The Bertz CT molecular complexity index is 578. The molecule has 0 aromatic carbocycles. The molecule has 0 saturated carbocycles. The Hall–Kier alpha value is -1.88. The molecule has 108 valence electrons. The van der Waals surface area contributed by atoms with Crippen molar-refractivity contribution in [1.82, 2.24) is 9.97 Å². The van der Waals surface area contributed by atoms with Gasteiger partial charge in [0.2, 0.25) is 0 Å². The molecule has 20 heavy (non-hydrogen) atoms. The number of furan rings is 1. The second kappa shape index (κ2) is 6.05. The largest absolute Gasteiger partial charge is 0.464 e. The van der Waals surface area contributed by atoms with Crippen LogP contribution in [0, 0.1) is 6.92 Å². The van der Waals surface area contributed by atoms with Gasteiger partial charge in [0.05, 0.1) is 30.7 Å². The van der Waals surface area contributed by atoms with Crippen molar-refractivity contribution in [1.29, 1.82) is 0 Å². The van der Waals surface area contributed by atoms with Gasteiger partial charge in [-0.3, -0.25) is 0 Å². The zero-order chi connectivity index (χ0) is 14.7. The van der Waals surface area contributed by atoms with Crippen molar-refractivity contribution >= 4 is 5.69 Å². The second-order valence-electron chi connectivity index (χ2n) is 5.24. The lowest BCUT2D eigenvalue weighted by atomic mass is 10.2. The summed E-state index contributed by atoms with van der Waals surface area (Å²) in [5.74, 6) is 2.76. The molecular formula is C15H21N3O2. The first-order chi connectivity index (χ1) is 9.51. The Kier molecular flexibility index (Phi) is 4.39. The van der Waals surface area contributed by atoms with Crippen LogP contribution in [0.4, 0.5) is 5.69 Å². The topological polar surface area (TPSA) is 62.4 Å². The fourth-order valence-electron chi connectivity index (χ4n) is 2.03. The molecule has 0 bridgehead atoms. The molecule has 0 spiro atoms. The number of anilines is 1. The fraction of sp³-hybridized carbons (Fsp3) is 0.467. The molecule has 0 unspecified atom stereocenters. The number of hydrogen-bond acceptors (Lipinski definition) is 5. The third-order valence-electron chi connectivity index (χ3n) is 3.13. The molecule has 0 radical (unpaired) electrons. The van der Waals surface area contributed by atoms with Gasteiger partial charge in [-0.15, -0.1) is 0 Å². The molecule has 0 aliphatic carbocycles. The van der Waals surface area contributed by atoms with Crippen molar-refractivity contribution in [3.05, 3.63) is 41.4 Å². The van der Waals surface area contributed by atoms with Crippen LogP contribution in [0.5, 0.6) is 0 Å². The van der Waals surface area contributed by atoms with Gasteiger partial charge >= 0.3 is 0 Å². The van der Waals surface area contributed by atoms with Crippen LogP contribution in [0.15, 0.2) is 22.7 Å². The summed E-state index contributed by atoms with van der Waals surface area (Å²) < 4.78 is 5.57. The van der Waals surface area contributed by atoms with Gasteiger partial charge in [-0.05, 0) is 19.1 Å². The van der Waals surface area contributed by atoms with Crippen molar-refractivity contribution < 1.29 is 9.52 Å². The predicted octanol–water partition coefficient (Wildman–Crippen LogP) is 2.63. The Morgan fingerprint density at radius 1 is 1.35 bits per heavy atom. The molecule has 2 rings (SSSR count). The van der Waals surface area contributed by atoms with Crippen LogP contribution in [0.25, 0.3) is 0 Å². The van der Waals surface area contributed by atoms with E-state index in [-0.39, 0.29) is 12.5 Å². The monoisotopic (exact) mass is 275 g/mol. The SMILES string of the molecule is Cc1ccc(CN(C)c2cnc(C(C)C)nc2CO)o1. The molecule has 0 aliphatic rings. The maximum absolute atomic E-state index is 9.50. The lowest BCUT2D eigenvalue weighted by molar-refractivity contribution is 0.276. The van der Waals surface area contributed by atoms with Gasteiger partial charge in [-0.2, -0.15) is 0 Å². The summed E-state index contributed by atoms with van der Waals surface area (Å²) in [5, 5.41) is 9.50. The molecule has 2 aromatic rings. The van der Waals surface area contributed by atoms with Gasteiger partial charge in [0.1, 0.15) is 17.3 Å². The summed E-state index contributed by atoms with van der Waals surface area (Å²) in [4.78, 5) is 10.8. The first-order valence-corrected chi connectivity index (χ1v) is 6.74. The average Bonchev–Trinajstić information content (AvgIpc) is 2.83. The molecule has 0 fully saturated rings. The highest BCUT2D eigenvalue weighted by Gasteiger charge is 2.13. The fourth-order valence-corrected chi connectivity index (χ4v) is 2.03. The molecule has 0 atom stereocenters. The molecule has 2 heterocycles. The van der Waals surface area contributed by atoms with Gasteiger partial charge in [0.25, 0.3) is 0 Å². The number of nitrogens with zero attached hydrogens (tertiary/aromatic N) is 3. The van der Waals surface area contributed by atoms with Gasteiger partial charge in [-0.25, -0.2) is 9.97 Å². The number of aliphatic hydroxyl groups is 1. The lowest BCUT2D eigenvalue weighted by Gasteiger charge is -2.20. The first kappa shape index (κ1) is 14.5. The molecule has 0 aliphatic heterocycles. The van der Waals surface area contributed by atoms with Crippen LogP contribution in [0.1, 0.15) is 42.8 Å². The summed E-state index contributed by atoms with van der Waals surface area (Å²) >= 11 is 0. The molecule has 2 aromatic heterocycles. The minimum atomic E-state index is -0.0981. The first-order valence-electron chi connectivity index (χ1n) is 6.74. The third kappa shape index (κ3) is 3.17. The van der Waals surface area contributed by atoms with Gasteiger partial charge in [-0.1, -0.05) is 13.8 Å². The molecule has 0 saturated heterocycles. The van der Waals surface area contributed by atoms with E-state index in [1.807, 2.05) is 44.9 Å². The summed E-state index contributed by atoms with van der Waals surface area (Å²) in [7, 11) is 1.94. The quantitative estimate of drug-likeness (QED) is 0.908. The van der Waals surface area contributed by atoms with Gasteiger partial charge < -0.3 is 14.4 Å². The smallest absolute Gasteiger partial charge is 0.131 e. The van der Waals surface area contributed by atoms with Crippen molar-refractivity contribution in [2.45, 2.75) is 39.8 Å². The zero-order valence-corrected chi connectivity index (χ0v) is 12.4. The summed E-state index contributed by atoms with van der Waals surface area (Å²) in [6.07, 6.45) is 1.77. The van der Waals surface area contributed by atoms with E-state index in [0.29, 0.717) is 12.2 Å². The minimum Gasteiger partial charge on any atom is -0.464 e. The van der Waals surface area contributed by atoms with E-state index < -0.39 is 0 Å². The Morgan fingerprint density at radius 3 is 2.65 bits per heavy atom. The summed E-state index contributed by atoms with van der Waals surface area (Å²) in [5.41, 5.74) is 1.47. The number of rotatable bonds is 5. The van der Waals surface area contributed by atoms with E-state index in [1.54, 1.807) is 6.20 Å². The van der Waals surface area contributed by atoms with E-state index in [4.69, 9.17) is 4.42 Å². The predicted molar refractivity (Wildman–Crippen MR) is 77.6 cm³/mol. The van der Waals surface area contributed by atoms with Gasteiger partial charge in [0.15, 0.2) is 0 Å². The van der Waals surface area contributed by atoms with E-state index in [0.717, 1.165) is 23.0 Å². The van der Waals surface area contributed by atoms with Crippen LogP contribution in [-0.4, -0.2) is 22.1 Å². The lowest BCUT2D eigenvalue weighted by Crippen LogP contribution is -2.19. The van der Waals surface area contributed by atoms with Crippen LogP contribution >= 0.6 is 0 Å². The molecule has 5 nitrogen and oxygen atoms in total. The number of aryl methyl sites for hydroxylation is 1. The van der Waals surface area contributed by atoms with E-state index in [9.17, 15) is 5.11 Å². The average molecular weight is 275 g/mol. The molecule has 1 N–H and O–H groups in total. The molecule has 5 heteroatoms. The summed E-state index contributed by atoms with van der Waals surface area (Å²) in [6, 6.07) is 3.89. The van der Waals surface area contributed by atoms with Gasteiger partial charge in [0, 0.05) is 13.0 Å². The summed E-state index contributed by atoms with van der Waals surface area (Å²) in [6.45, 7) is 6.50. The Morgan fingerprint density at radius 2 is 2.10 bits per heavy atom. The molecular weight excluding hydrogens is 254 g/mol. The van der Waals surface area contributed by atoms with Crippen LogP contribution in [0.2, 0.25) is 0 Å².